The summed E-state index contributed by atoms with van der Waals surface area (Å²) in [5, 5.41) is 2.98. The number of nitrogens with one attached hydrogen (secondary N) is 1. The topological polar surface area (TPSA) is 52.7 Å². The van der Waals surface area contributed by atoms with Crippen molar-refractivity contribution in [1.82, 2.24) is 4.90 Å². The third-order valence-corrected chi connectivity index (χ3v) is 4.58. The Labute approximate surface area is 148 Å². The molecule has 25 heavy (non-hydrogen) atoms. The van der Waals surface area contributed by atoms with Crippen molar-refractivity contribution in [2.45, 2.75) is 13.8 Å². The van der Waals surface area contributed by atoms with Gasteiger partial charge < -0.3 is 15.1 Å². The average molecular weight is 337 g/mol. The van der Waals surface area contributed by atoms with Gasteiger partial charge in [0.05, 0.1) is 0 Å². The highest BCUT2D eigenvalue weighted by Gasteiger charge is 2.19. The van der Waals surface area contributed by atoms with E-state index in [1.807, 2.05) is 60.4 Å². The van der Waals surface area contributed by atoms with Crippen molar-refractivity contribution in [3.63, 3.8) is 0 Å². The summed E-state index contributed by atoms with van der Waals surface area (Å²) in [6.45, 7) is 6.60. The fourth-order valence-corrected chi connectivity index (χ4v) is 3.09. The van der Waals surface area contributed by atoms with Gasteiger partial charge in [-0.25, -0.2) is 0 Å². The van der Waals surface area contributed by atoms with Crippen molar-refractivity contribution in [2.24, 2.45) is 0 Å². The number of piperazine rings is 1. The van der Waals surface area contributed by atoms with Gasteiger partial charge in [-0.3, -0.25) is 9.59 Å². The molecule has 5 nitrogen and oxygen atoms in total. The van der Waals surface area contributed by atoms with Crippen molar-refractivity contribution in [3.05, 3.63) is 59.7 Å². The quantitative estimate of drug-likeness (QED) is 0.937. The molecule has 1 fully saturated rings. The second kappa shape index (κ2) is 7.38. The molecular formula is C20H23N3O2. The number of carbonyl (C=O) groups excluding carboxylic acids is 2. The summed E-state index contributed by atoms with van der Waals surface area (Å²) in [4.78, 5) is 28.0. The molecule has 1 aliphatic heterocycles. The van der Waals surface area contributed by atoms with Gasteiger partial charge in [0.1, 0.15) is 0 Å². The zero-order valence-electron chi connectivity index (χ0n) is 14.7. The van der Waals surface area contributed by atoms with Gasteiger partial charge >= 0.3 is 0 Å². The molecule has 130 valence electrons. The molecular weight excluding hydrogens is 314 g/mol. The highest BCUT2D eigenvalue weighted by Crippen LogP contribution is 2.22. The Bertz CT molecular complexity index is 780. The number of carbonyl (C=O) groups is 2. The minimum atomic E-state index is -0.100. The first kappa shape index (κ1) is 17.0. The molecule has 2 aromatic rings. The average Bonchev–Trinajstić information content (AvgIpc) is 2.62. The minimum absolute atomic E-state index is 0.100. The molecule has 0 aliphatic carbocycles. The van der Waals surface area contributed by atoms with Crippen LogP contribution in [0.15, 0.2) is 48.5 Å². The maximum absolute atomic E-state index is 12.5. The lowest BCUT2D eigenvalue weighted by atomic mass is 10.1. The molecule has 1 saturated heterocycles. The monoisotopic (exact) mass is 337 g/mol. The van der Waals surface area contributed by atoms with E-state index in [1.165, 1.54) is 0 Å². The minimum Gasteiger partial charge on any atom is -0.368 e. The largest absolute Gasteiger partial charge is 0.368 e. The number of hydrogen-bond acceptors (Lipinski definition) is 3. The van der Waals surface area contributed by atoms with E-state index in [2.05, 4.69) is 10.2 Å². The second-order valence-corrected chi connectivity index (χ2v) is 6.31. The van der Waals surface area contributed by atoms with Crippen LogP contribution in [0, 0.1) is 6.92 Å². The van der Waals surface area contributed by atoms with Crippen LogP contribution in [0.2, 0.25) is 0 Å². The Balaban J connectivity index is 1.69. The van der Waals surface area contributed by atoms with Gasteiger partial charge in [-0.2, -0.15) is 0 Å². The van der Waals surface area contributed by atoms with E-state index >= 15 is 0 Å². The SMILES string of the molecule is CC(=O)N1CCN(c2cccc(NC(=O)c3ccccc3C)c2)CC1. The van der Waals surface area contributed by atoms with Gasteiger partial charge in [0.2, 0.25) is 5.91 Å². The van der Waals surface area contributed by atoms with Crippen molar-refractivity contribution < 1.29 is 9.59 Å². The molecule has 2 aromatic carbocycles. The molecule has 3 rings (SSSR count). The molecule has 0 unspecified atom stereocenters. The number of rotatable bonds is 3. The maximum atomic E-state index is 12.5. The fraction of sp³-hybridized carbons (Fsp3) is 0.300. The molecule has 0 aromatic heterocycles. The number of nitrogens with zero attached hydrogens (tertiary/aromatic N) is 2. The summed E-state index contributed by atoms with van der Waals surface area (Å²) < 4.78 is 0. The van der Waals surface area contributed by atoms with Crippen LogP contribution in [-0.4, -0.2) is 42.9 Å². The standard InChI is InChI=1S/C20H23N3O2/c1-15-6-3-4-9-19(15)20(25)21-17-7-5-8-18(14-17)23-12-10-22(11-13-23)16(2)24/h3-9,14H,10-13H2,1-2H3,(H,21,25). The van der Waals surface area contributed by atoms with Crippen LogP contribution in [0.4, 0.5) is 11.4 Å². The van der Waals surface area contributed by atoms with E-state index in [0.29, 0.717) is 5.56 Å². The van der Waals surface area contributed by atoms with E-state index in [0.717, 1.165) is 43.1 Å². The Morgan fingerprint density at radius 1 is 0.960 bits per heavy atom. The molecule has 1 aliphatic rings. The van der Waals surface area contributed by atoms with Crippen LogP contribution in [0.5, 0.6) is 0 Å². The van der Waals surface area contributed by atoms with Gasteiger partial charge in [-0.05, 0) is 36.8 Å². The van der Waals surface area contributed by atoms with E-state index in [9.17, 15) is 9.59 Å². The molecule has 1 N–H and O–H groups in total. The molecule has 2 amide bonds. The molecule has 1 heterocycles. The van der Waals surface area contributed by atoms with E-state index < -0.39 is 0 Å². The lowest BCUT2D eigenvalue weighted by molar-refractivity contribution is -0.129. The Kier molecular flexibility index (Phi) is 5.03. The number of aryl methyl sites for hydroxylation is 1. The summed E-state index contributed by atoms with van der Waals surface area (Å²) in [5.41, 5.74) is 3.48. The lowest BCUT2D eigenvalue weighted by Gasteiger charge is -2.35. The van der Waals surface area contributed by atoms with E-state index in [4.69, 9.17) is 0 Å². The summed E-state index contributed by atoms with van der Waals surface area (Å²) in [6.07, 6.45) is 0. The lowest BCUT2D eigenvalue weighted by Crippen LogP contribution is -2.48. The predicted molar refractivity (Wildman–Crippen MR) is 100 cm³/mol. The van der Waals surface area contributed by atoms with Crippen LogP contribution in [0.25, 0.3) is 0 Å². The molecule has 0 spiro atoms. The maximum Gasteiger partial charge on any atom is 0.255 e. The van der Waals surface area contributed by atoms with Crippen LogP contribution in [0.3, 0.4) is 0 Å². The van der Waals surface area contributed by atoms with E-state index in [1.54, 1.807) is 6.92 Å². The van der Waals surface area contributed by atoms with Crippen LogP contribution < -0.4 is 10.2 Å². The molecule has 0 atom stereocenters. The summed E-state index contributed by atoms with van der Waals surface area (Å²) in [5.74, 6) is 0.0237. The Hall–Kier alpha value is -2.82. The van der Waals surface area contributed by atoms with Crippen LogP contribution in [-0.2, 0) is 4.79 Å². The summed E-state index contributed by atoms with van der Waals surface area (Å²) in [7, 11) is 0. The number of amides is 2. The van der Waals surface area contributed by atoms with Crippen molar-refractivity contribution in [3.8, 4) is 0 Å². The zero-order valence-corrected chi connectivity index (χ0v) is 14.7. The van der Waals surface area contributed by atoms with Crippen molar-refractivity contribution in [1.29, 1.82) is 0 Å². The normalized spacial score (nSPS) is 14.3. The van der Waals surface area contributed by atoms with Gasteiger partial charge in [-0.1, -0.05) is 24.3 Å². The first-order chi connectivity index (χ1) is 12.0. The third kappa shape index (κ3) is 3.99. The predicted octanol–water partition coefficient (Wildman–Crippen LogP) is 2.92. The number of benzene rings is 2. The summed E-state index contributed by atoms with van der Waals surface area (Å²) in [6, 6.07) is 15.4. The molecule has 0 radical (unpaired) electrons. The van der Waals surface area contributed by atoms with Crippen LogP contribution in [0.1, 0.15) is 22.8 Å². The second-order valence-electron chi connectivity index (χ2n) is 6.31. The smallest absolute Gasteiger partial charge is 0.255 e. The Morgan fingerprint density at radius 3 is 2.36 bits per heavy atom. The van der Waals surface area contributed by atoms with Gasteiger partial charge in [-0.15, -0.1) is 0 Å². The van der Waals surface area contributed by atoms with Gasteiger partial charge in [0.15, 0.2) is 0 Å². The first-order valence-corrected chi connectivity index (χ1v) is 8.52. The molecule has 5 heteroatoms. The fourth-order valence-electron chi connectivity index (χ4n) is 3.09. The molecule has 0 bridgehead atoms. The van der Waals surface area contributed by atoms with Gasteiger partial charge in [0.25, 0.3) is 5.91 Å². The Morgan fingerprint density at radius 2 is 1.68 bits per heavy atom. The highest BCUT2D eigenvalue weighted by molar-refractivity contribution is 6.05. The highest BCUT2D eigenvalue weighted by atomic mass is 16.2. The zero-order chi connectivity index (χ0) is 17.8. The summed E-state index contributed by atoms with van der Waals surface area (Å²) >= 11 is 0. The van der Waals surface area contributed by atoms with Crippen LogP contribution >= 0.6 is 0 Å². The van der Waals surface area contributed by atoms with Crippen molar-refractivity contribution >= 4 is 23.2 Å². The third-order valence-electron chi connectivity index (χ3n) is 4.58. The van der Waals surface area contributed by atoms with Gasteiger partial charge in [0, 0.05) is 50.0 Å². The van der Waals surface area contributed by atoms with Crippen molar-refractivity contribution in [2.75, 3.05) is 36.4 Å². The van der Waals surface area contributed by atoms with E-state index in [-0.39, 0.29) is 11.8 Å². The molecule has 0 saturated carbocycles. The first-order valence-electron chi connectivity index (χ1n) is 8.52. The number of anilines is 2. The number of hydrogen-bond donors (Lipinski definition) is 1.